The highest BCUT2D eigenvalue weighted by atomic mass is 31.2. The summed E-state index contributed by atoms with van der Waals surface area (Å²) in [5.74, 6) is -4.26. The third-order valence-corrected chi connectivity index (χ3v) is 11.0. The average Bonchev–Trinajstić information content (AvgIpc) is 3.45. The third kappa shape index (κ3) is 9.13. The number of hydrogen-bond acceptors (Lipinski definition) is 13. The summed E-state index contributed by atoms with van der Waals surface area (Å²) in [4.78, 5) is 77.8. The Labute approximate surface area is 289 Å². The van der Waals surface area contributed by atoms with Gasteiger partial charge >= 0.3 is 19.7 Å². The van der Waals surface area contributed by atoms with Crippen LogP contribution in [0.25, 0.3) is 5.57 Å². The first-order valence-corrected chi connectivity index (χ1v) is 17.7. The quantitative estimate of drug-likeness (QED) is 0.0477. The van der Waals surface area contributed by atoms with Crippen molar-refractivity contribution in [3.05, 3.63) is 83.1 Å². The van der Waals surface area contributed by atoms with Crippen molar-refractivity contribution in [3.63, 3.8) is 0 Å². The molecule has 2 aromatic rings. The lowest BCUT2D eigenvalue weighted by Gasteiger charge is -2.30. The van der Waals surface area contributed by atoms with Gasteiger partial charge in [-0.15, -0.1) is 0 Å². The van der Waals surface area contributed by atoms with Crippen LogP contribution in [0.5, 0.6) is 0 Å². The van der Waals surface area contributed by atoms with Gasteiger partial charge in [0.1, 0.15) is 18.2 Å². The molecule has 2 aliphatic heterocycles. The van der Waals surface area contributed by atoms with Gasteiger partial charge in [0.05, 0.1) is 30.7 Å². The smallest absolute Gasteiger partial charge is 0.414 e. The highest BCUT2D eigenvalue weighted by Gasteiger charge is 2.52. The fourth-order valence-electron chi connectivity index (χ4n) is 5.13. The monoisotopic (exact) mass is 759 g/mol. The number of rotatable bonds is 13. The van der Waals surface area contributed by atoms with Gasteiger partial charge < -0.3 is 54.0 Å². The minimum Gasteiger partial charge on any atom is -0.515 e. The summed E-state index contributed by atoms with van der Waals surface area (Å²) >= 11 is 0. The number of aliphatic hydroxyl groups is 3. The number of esters is 1. The molecular formula is C30H33F2N3O14P2. The molecule has 17 nitrogen and oxygen atoms in total. The molecule has 0 radical (unpaired) electrons. The predicted molar refractivity (Wildman–Crippen MR) is 173 cm³/mol. The van der Waals surface area contributed by atoms with Crippen molar-refractivity contribution in [2.45, 2.75) is 30.1 Å². The van der Waals surface area contributed by atoms with Crippen LogP contribution in [0.3, 0.4) is 0 Å². The summed E-state index contributed by atoms with van der Waals surface area (Å²) in [7, 11) is -8.86. The van der Waals surface area contributed by atoms with Gasteiger partial charge in [0.25, 0.3) is 5.91 Å². The van der Waals surface area contributed by atoms with Crippen molar-refractivity contribution < 1.29 is 76.8 Å². The molecule has 1 unspecified atom stereocenters. The highest BCUT2D eigenvalue weighted by molar-refractivity contribution is 7.69. The van der Waals surface area contributed by atoms with Crippen molar-refractivity contribution in [1.29, 1.82) is 5.41 Å². The maximum Gasteiger partial charge on any atom is 0.414 e. The molecule has 0 spiro atoms. The molecule has 2 aliphatic rings. The number of halogens is 2. The van der Waals surface area contributed by atoms with Gasteiger partial charge in [-0.25, -0.2) is 18.4 Å². The van der Waals surface area contributed by atoms with E-state index in [9.17, 15) is 48.7 Å². The minimum atomic E-state index is -5.38. The van der Waals surface area contributed by atoms with E-state index in [2.05, 4.69) is 0 Å². The van der Waals surface area contributed by atoms with Crippen LogP contribution >= 0.6 is 16.0 Å². The Morgan fingerprint density at radius 2 is 1.82 bits per heavy atom. The molecule has 2 heterocycles. The molecule has 1 fully saturated rings. The van der Waals surface area contributed by atoms with Gasteiger partial charge in [-0.2, -0.15) is 0 Å². The lowest BCUT2D eigenvalue weighted by atomic mass is 9.97. The summed E-state index contributed by atoms with van der Waals surface area (Å²) in [5.41, 5.74) is -0.438. The number of nitrogens with zero attached hydrogens (tertiary/aromatic N) is 2. The first kappa shape index (κ1) is 39.5. The standard InChI is InChI=1S/C30H33F2N3O14P2/c31-22-11-20(35-14-21(48-29(35)40)16-47-25(33)7-10-36)12-23(32)26(22)18-5-8-34(9-6-18)27(38)24(15-37)49-28(39)19-3-1-17(2-4-19)13-30(41,50(42)43)51(44,45)46/h1-5,7,10-12,21,24,33,36-37,41-43H,6,8-9,13-16H2,(H2,44,45,46)/b10-7-,33-25?/t21-,24+,30?/m1/s1. The number of carbonyl (C=O) groups excluding carboxylic acids is 3. The Bertz CT molecular complexity index is 1750. The maximum atomic E-state index is 15.3. The molecule has 1 saturated heterocycles. The summed E-state index contributed by atoms with van der Waals surface area (Å²) in [6.07, 6.45) is -1.38. The van der Waals surface area contributed by atoms with Crippen molar-refractivity contribution in [3.8, 4) is 0 Å². The van der Waals surface area contributed by atoms with E-state index >= 15 is 8.78 Å². The first-order valence-electron chi connectivity index (χ1n) is 14.8. The molecule has 0 bridgehead atoms. The van der Waals surface area contributed by atoms with Gasteiger partial charge in [0.2, 0.25) is 25.5 Å². The zero-order valence-corrected chi connectivity index (χ0v) is 28.1. The van der Waals surface area contributed by atoms with Crippen LogP contribution in [-0.2, 0) is 30.0 Å². The SMILES string of the molecule is N=C(/C=C\O)OC[C@H]1CN(c2cc(F)c(C3=CCN(C(=O)[C@H](CO)OC(=O)c4ccc(CC(O)(P(O)O)P(=O)(O)O)cc4)CC3)c(F)c2)C(=O)O1. The van der Waals surface area contributed by atoms with Gasteiger partial charge in [-0.05, 0) is 41.8 Å². The largest absolute Gasteiger partial charge is 0.515 e. The topological polar surface area (TPSA) is 268 Å². The van der Waals surface area contributed by atoms with Crippen molar-refractivity contribution >= 4 is 51.1 Å². The predicted octanol–water partition coefficient (Wildman–Crippen LogP) is 1.85. The second-order valence-electron chi connectivity index (χ2n) is 11.2. The fourth-order valence-corrected chi connectivity index (χ4v) is 6.77. The number of hydrogen-bond donors (Lipinski definition) is 8. The highest BCUT2D eigenvalue weighted by Crippen LogP contribution is 2.64. The van der Waals surface area contributed by atoms with E-state index in [1.54, 1.807) is 0 Å². The van der Waals surface area contributed by atoms with Gasteiger partial charge in [-0.1, -0.05) is 18.2 Å². The Kier molecular flexibility index (Phi) is 12.7. The first-order chi connectivity index (χ1) is 24.0. The maximum absolute atomic E-state index is 15.3. The number of aliphatic hydroxyl groups excluding tert-OH is 2. The Morgan fingerprint density at radius 1 is 1.18 bits per heavy atom. The molecule has 276 valence electrons. The van der Waals surface area contributed by atoms with E-state index in [0.29, 0.717) is 6.26 Å². The average molecular weight is 760 g/mol. The van der Waals surface area contributed by atoms with Crippen molar-refractivity contribution in [2.24, 2.45) is 0 Å². The number of carbonyl (C=O) groups is 3. The van der Waals surface area contributed by atoms with Crippen LogP contribution in [-0.4, -0.2) is 114 Å². The zero-order valence-electron chi connectivity index (χ0n) is 26.3. The normalized spacial score (nSPS) is 18.3. The number of ether oxygens (including phenoxy) is 3. The van der Waals surface area contributed by atoms with E-state index in [0.717, 1.165) is 47.4 Å². The number of benzene rings is 2. The third-order valence-electron chi connectivity index (χ3n) is 7.81. The van der Waals surface area contributed by atoms with Crippen molar-refractivity contribution in [1.82, 2.24) is 4.90 Å². The number of nitrogens with one attached hydrogen (secondary N) is 1. The molecule has 8 N–H and O–H groups in total. The van der Waals surface area contributed by atoms with Gasteiger partial charge in [0.15, 0.2) is 6.10 Å². The van der Waals surface area contributed by atoms with Crippen LogP contribution in [0.2, 0.25) is 0 Å². The molecule has 2 amide bonds. The van der Waals surface area contributed by atoms with Crippen molar-refractivity contribution in [2.75, 3.05) is 37.7 Å². The Balaban J connectivity index is 1.37. The molecule has 0 aliphatic carbocycles. The van der Waals surface area contributed by atoms with Crippen LogP contribution in [0, 0.1) is 17.0 Å². The van der Waals surface area contributed by atoms with Crippen LogP contribution in [0.1, 0.15) is 27.9 Å². The van der Waals surface area contributed by atoms with Crippen LogP contribution in [0.4, 0.5) is 19.3 Å². The van der Waals surface area contributed by atoms with E-state index in [1.165, 1.54) is 11.0 Å². The molecule has 21 heteroatoms. The Morgan fingerprint density at radius 3 is 2.35 bits per heavy atom. The number of amides is 2. The second kappa shape index (κ2) is 16.4. The second-order valence-corrected chi connectivity index (χ2v) is 14.7. The minimum absolute atomic E-state index is 0.0191. The molecule has 0 saturated carbocycles. The summed E-state index contributed by atoms with van der Waals surface area (Å²) in [6.45, 7) is -1.53. The molecule has 0 aromatic heterocycles. The molecular weight excluding hydrogens is 726 g/mol. The van der Waals surface area contributed by atoms with Gasteiger partial charge in [-0.3, -0.25) is 19.7 Å². The van der Waals surface area contributed by atoms with E-state index in [4.69, 9.17) is 24.7 Å². The van der Waals surface area contributed by atoms with Crippen LogP contribution < -0.4 is 4.90 Å². The molecule has 2 aromatic carbocycles. The summed E-state index contributed by atoms with van der Waals surface area (Å²) in [6, 6.07) is 6.46. The number of anilines is 1. The number of cyclic esters (lactones) is 1. The van der Waals surface area contributed by atoms with E-state index in [-0.39, 0.29) is 60.6 Å². The van der Waals surface area contributed by atoms with Crippen LogP contribution in [0.15, 0.2) is 54.8 Å². The van der Waals surface area contributed by atoms with E-state index in [1.807, 2.05) is 0 Å². The molecule has 3 atom stereocenters. The lowest BCUT2D eigenvalue weighted by molar-refractivity contribution is -0.142. The van der Waals surface area contributed by atoms with Gasteiger partial charge in [0, 0.05) is 31.1 Å². The zero-order chi connectivity index (χ0) is 37.7. The Hall–Kier alpha value is -4.32. The molecule has 4 rings (SSSR count). The summed E-state index contributed by atoms with van der Waals surface area (Å²) < 4.78 is 57.4. The lowest BCUT2D eigenvalue weighted by Crippen LogP contribution is -2.45. The summed E-state index contributed by atoms with van der Waals surface area (Å²) in [5, 5.41) is 32.9. The fraction of sp³-hybridized carbons (Fsp3) is 0.333. The van der Waals surface area contributed by atoms with E-state index < -0.39 is 81.8 Å². The molecule has 51 heavy (non-hydrogen) atoms.